The van der Waals surface area contributed by atoms with Crippen molar-refractivity contribution in [3.63, 3.8) is 0 Å². The quantitative estimate of drug-likeness (QED) is 0.753. The molecule has 2 N–H and O–H groups in total. The first-order valence-corrected chi connectivity index (χ1v) is 8.69. The Morgan fingerprint density at radius 2 is 2.29 bits per heavy atom. The first kappa shape index (κ1) is 16.8. The van der Waals surface area contributed by atoms with Gasteiger partial charge in [-0.05, 0) is 39.0 Å². The molecular weight excluding hydrogens is 328 g/mol. The molecule has 0 radical (unpaired) electrons. The Kier molecular flexibility index (Phi) is 5.08. The van der Waals surface area contributed by atoms with Crippen molar-refractivity contribution in [1.82, 2.24) is 24.9 Å². The van der Waals surface area contributed by atoms with Gasteiger partial charge in [0.05, 0.1) is 23.0 Å². The van der Waals surface area contributed by atoms with Crippen LogP contribution in [0.25, 0.3) is 0 Å². The lowest BCUT2D eigenvalue weighted by Crippen LogP contribution is -2.31. The third-order valence-electron chi connectivity index (χ3n) is 4.24. The molecule has 3 rings (SSSR count). The van der Waals surface area contributed by atoms with Gasteiger partial charge in [-0.25, -0.2) is 9.48 Å². The first-order valence-electron chi connectivity index (χ1n) is 8.32. The van der Waals surface area contributed by atoms with E-state index in [4.69, 9.17) is 11.6 Å². The maximum absolute atomic E-state index is 12.1. The number of aryl methyl sites for hydroxylation is 2. The number of amides is 2. The number of carbonyl (C=O) groups is 1. The van der Waals surface area contributed by atoms with Gasteiger partial charge in [0.1, 0.15) is 5.82 Å². The number of carbonyl (C=O) groups excluding carboxylic acids is 1. The van der Waals surface area contributed by atoms with Crippen molar-refractivity contribution in [3.05, 3.63) is 29.2 Å². The monoisotopic (exact) mass is 350 g/mol. The second-order valence-electron chi connectivity index (χ2n) is 6.35. The first-order chi connectivity index (χ1) is 11.5. The Hall–Kier alpha value is -2.02. The van der Waals surface area contributed by atoms with Crippen molar-refractivity contribution in [2.45, 2.75) is 45.7 Å². The molecule has 2 aromatic rings. The van der Waals surface area contributed by atoms with Crippen LogP contribution in [0.15, 0.2) is 18.5 Å². The zero-order chi connectivity index (χ0) is 17.1. The van der Waals surface area contributed by atoms with E-state index in [0.717, 1.165) is 17.9 Å². The van der Waals surface area contributed by atoms with Crippen LogP contribution in [0.5, 0.6) is 0 Å². The average Bonchev–Trinajstić information content (AvgIpc) is 3.21. The fraction of sp³-hybridized carbons (Fsp3) is 0.562. The number of aromatic nitrogens is 4. The summed E-state index contributed by atoms with van der Waals surface area (Å²) in [4.78, 5) is 12.1. The number of anilines is 1. The van der Waals surface area contributed by atoms with Crippen molar-refractivity contribution < 1.29 is 4.79 Å². The average molecular weight is 351 g/mol. The maximum Gasteiger partial charge on any atom is 0.320 e. The Labute approximate surface area is 146 Å². The largest absolute Gasteiger partial charge is 0.338 e. The van der Waals surface area contributed by atoms with Gasteiger partial charge in [-0.3, -0.25) is 10.00 Å². The number of halogens is 1. The van der Waals surface area contributed by atoms with E-state index in [0.29, 0.717) is 30.1 Å². The smallest absolute Gasteiger partial charge is 0.320 e. The highest BCUT2D eigenvalue weighted by molar-refractivity contribution is 6.30. The van der Waals surface area contributed by atoms with Gasteiger partial charge in [-0.15, -0.1) is 0 Å². The van der Waals surface area contributed by atoms with E-state index in [1.54, 1.807) is 17.1 Å². The molecule has 2 heterocycles. The Balaban J connectivity index is 1.46. The summed E-state index contributed by atoms with van der Waals surface area (Å²) in [7, 11) is 0. The van der Waals surface area contributed by atoms with Crippen LogP contribution in [0.2, 0.25) is 5.02 Å². The van der Waals surface area contributed by atoms with Gasteiger partial charge < -0.3 is 5.32 Å². The highest BCUT2D eigenvalue weighted by Gasteiger charge is 2.31. The van der Waals surface area contributed by atoms with Crippen LogP contribution in [0.1, 0.15) is 37.9 Å². The molecule has 0 aromatic carbocycles. The topological polar surface area (TPSA) is 76.8 Å². The molecule has 1 aliphatic carbocycles. The predicted molar refractivity (Wildman–Crippen MR) is 93.3 cm³/mol. The molecule has 2 amide bonds. The molecule has 0 aliphatic heterocycles. The van der Waals surface area contributed by atoms with E-state index < -0.39 is 0 Å². The zero-order valence-electron chi connectivity index (χ0n) is 14.0. The van der Waals surface area contributed by atoms with E-state index in [2.05, 4.69) is 27.8 Å². The minimum absolute atomic E-state index is 0.211. The summed E-state index contributed by atoms with van der Waals surface area (Å²) < 4.78 is 3.69. The van der Waals surface area contributed by atoms with Gasteiger partial charge in [-0.1, -0.05) is 11.6 Å². The van der Waals surface area contributed by atoms with Crippen LogP contribution in [-0.4, -0.2) is 32.1 Å². The number of hydrogen-bond donors (Lipinski definition) is 2. The van der Waals surface area contributed by atoms with E-state index in [9.17, 15) is 4.79 Å². The van der Waals surface area contributed by atoms with E-state index in [-0.39, 0.29) is 6.03 Å². The molecule has 1 fully saturated rings. The second kappa shape index (κ2) is 7.25. The van der Waals surface area contributed by atoms with Gasteiger partial charge in [0, 0.05) is 25.4 Å². The molecular formula is C16H23ClN6O. The molecule has 0 saturated heterocycles. The van der Waals surface area contributed by atoms with E-state index >= 15 is 0 Å². The van der Waals surface area contributed by atoms with Crippen LogP contribution in [0.4, 0.5) is 10.6 Å². The van der Waals surface area contributed by atoms with Crippen molar-refractivity contribution in [1.29, 1.82) is 0 Å². The Morgan fingerprint density at radius 3 is 2.96 bits per heavy atom. The number of nitrogens with zero attached hydrogens (tertiary/aromatic N) is 4. The molecule has 8 heteroatoms. The van der Waals surface area contributed by atoms with Gasteiger partial charge in [-0.2, -0.15) is 10.2 Å². The third-order valence-corrected chi connectivity index (χ3v) is 4.44. The molecule has 1 aliphatic rings. The van der Waals surface area contributed by atoms with Crippen molar-refractivity contribution >= 4 is 23.4 Å². The highest BCUT2D eigenvalue weighted by Crippen LogP contribution is 2.40. The van der Waals surface area contributed by atoms with E-state index in [1.807, 2.05) is 17.7 Å². The molecule has 2 aromatic heterocycles. The van der Waals surface area contributed by atoms with E-state index in [1.165, 1.54) is 12.8 Å². The molecule has 24 heavy (non-hydrogen) atoms. The number of urea groups is 1. The molecule has 130 valence electrons. The lowest BCUT2D eigenvalue weighted by molar-refractivity contribution is 0.251. The van der Waals surface area contributed by atoms with Crippen molar-refractivity contribution in [3.8, 4) is 0 Å². The standard InChI is InChI=1S/C16H23ClN6O/c1-11-8-15(23(21-11)12(2)13-4-5-13)20-16(24)18-6-3-7-22-10-14(17)9-19-22/h8-10,12-13H,3-7H2,1-2H3,(H2,18,20,24)/t12-/m1/s1. The zero-order valence-corrected chi connectivity index (χ0v) is 14.8. The fourth-order valence-electron chi connectivity index (χ4n) is 2.76. The summed E-state index contributed by atoms with van der Waals surface area (Å²) in [6.07, 6.45) is 6.63. The van der Waals surface area contributed by atoms with Gasteiger partial charge in [0.15, 0.2) is 0 Å². The lowest BCUT2D eigenvalue weighted by Gasteiger charge is -2.15. The highest BCUT2D eigenvalue weighted by atomic mass is 35.5. The fourth-order valence-corrected chi connectivity index (χ4v) is 2.92. The SMILES string of the molecule is Cc1cc(NC(=O)NCCCn2cc(Cl)cn2)n([C@H](C)C2CC2)n1. The normalized spacial score (nSPS) is 15.3. The summed E-state index contributed by atoms with van der Waals surface area (Å²) in [5, 5.41) is 15.0. The molecule has 7 nitrogen and oxygen atoms in total. The van der Waals surface area contributed by atoms with Crippen LogP contribution >= 0.6 is 11.6 Å². The Bertz CT molecular complexity index is 705. The molecule has 0 spiro atoms. The second-order valence-corrected chi connectivity index (χ2v) is 6.79. The van der Waals surface area contributed by atoms with Crippen LogP contribution < -0.4 is 10.6 Å². The molecule has 1 atom stereocenters. The summed E-state index contributed by atoms with van der Waals surface area (Å²) in [5.41, 5.74) is 0.911. The van der Waals surface area contributed by atoms with Crippen LogP contribution in [0, 0.1) is 12.8 Å². The van der Waals surface area contributed by atoms with Crippen molar-refractivity contribution in [2.24, 2.45) is 5.92 Å². The van der Waals surface area contributed by atoms with Gasteiger partial charge in [0.25, 0.3) is 0 Å². The minimum atomic E-state index is -0.211. The number of hydrogen-bond acceptors (Lipinski definition) is 3. The van der Waals surface area contributed by atoms with Gasteiger partial charge >= 0.3 is 6.03 Å². The molecule has 0 unspecified atom stereocenters. The lowest BCUT2D eigenvalue weighted by atomic mass is 10.2. The summed E-state index contributed by atoms with van der Waals surface area (Å²) in [6, 6.07) is 2.01. The minimum Gasteiger partial charge on any atom is -0.338 e. The van der Waals surface area contributed by atoms with Gasteiger partial charge in [0.2, 0.25) is 0 Å². The number of rotatable bonds is 7. The maximum atomic E-state index is 12.1. The summed E-state index contributed by atoms with van der Waals surface area (Å²) in [5.74, 6) is 1.43. The van der Waals surface area contributed by atoms with Crippen molar-refractivity contribution in [2.75, 3.05) is 11.9 Å². The Morgan fingerprint density at radius 1 is 1.50 bits per heavy atom. The summed E-state index contributed by atoms with van der Waals surface area (Å²) >= 11 is 5.81. The van der Waals surface area contributed by atoms with Crippen LogP contribution in [0.3, 0.4) is 0 Å². The van der Waals surface area contributed by atoms with Crippen LogP contribution in [-0.2, 0) is 6.54 Å². The number of nitrogens with one attached hydrogen (secondary N) is 2. The third kappa shape index (κ3) is 4.29. The molecule has 0 bridgehead atoms. The molecule has 1 saturated carbocycles. The predicted octanol–water partition coefficient (Wildman–Crippen LogP) is 3.22. The summed E-state index contributed by atoms with van der Waals surface area (Å²) in [6.45, 7) is 5.37.